The fourth-order valence-corrected chi connectivity index (χ4v) is 3.21. The second kappa shape index (κ2) is 7.46. The van der Waals surface area contributed by atoms with E-state index in [4.69, 9.17) is 0 Å². The lowest BCUT2D eigenvalue weighted by Gasteiger charge is -2.10. The number of halogens is 1. The van der Waals surface area contributed by atoms with Crippen LogP contribution in [0.4, 0.5) is 4.39 Å². The third-order valence-corrected chi connectivity index (χ3v) is 4.74. The van der Waals surface area contributed by atoms with E-state index in [1.165, 1.54) is 12.3 Å². The smallest absolute Gasteiger partial charge is 0.253 e. The normalized spacial score (nSPS) is 11.3. The van der Waals surface area contributed by atoms with Gasteiger partial charge in [-0.2, -0.15) is 5.10 Å². The van der Waals surface area contributed by atoms with Gasteiger partial charge in [-0.05, 0) is 44.5 Å². The third-order valence-electron chi connectivity index (χ3n) is 4.74. The number of carbonyl (C=O) groups excluding carboxylic acids is 1. The molecule has 1 N–H and O–H groups in total. The molecule has 0 aliphatic rings. The highest BCUT2D eigenvalue weighted by atomic mass is 19.1. The summed E-state index contributed by atoms with van der Waals surface area (Å²) >= 11 is 0. The van der Waals surface area contributed by atoms with Crippen molar-refractivity contribution in [3.05, 3.63) is 71.8 Å². The van der Waals surface area contributed by atoms with Crippen molar-refractivity contribution in [2.45, 2.75) is 33.4 Å². The van der Waals surface area contributed by atoms with E-state index in [1.807, 2.05) is 25.5 Å². The van der Waals surface area contributed by atoms with Gasteiger partial charge >= 0.3 is 0 Å². The first-order valence-corrected chi connectivity index (χ1v) is 9.34. The number of carbonyl (C=O) groups is 1. The Morgan fingerprint density at radius 2 is 2.03 bits per heavy atom. The van der Waals surface area contributed by atoms with Crippen LogP contribution in [0.5, 0.6) is 0 Å². The van der Waals surface area contributed by atoms with E-state index in [0.29, 0.717) is 22.6 Å². The first kappa shape index (κ1) is 18.8. The number of benzene rings is 1. The molecule has 4 aromatic rings. The molecular weight excluding hydrogens is 371 g/mol. The van der Waals surface area contributed by atoms with Gasteiger partial charge in [-0.15, -0.1) is 0 Å². The van der Waals surface area contributed by atoms with Crippen molar-refractivity contribution in [2.75, 3.05) is 0 Å². The van der Waals surface area contributed by atoms with Crippen molar-refractivity contribution in [3.8, 4) is 5.69 Å². The first-order chi connectivity index (χ1) is 13.9. The number of hydrogen-bond acceptors (Lipinski definition) is 4. The fraction of sp³-hybridized carbons (Fsp3) is 0.238. The Labute approximate surface area is 167 Å². The van der Waals surface area contributed by atoms with Gasteiger partial charge in [0.1, 0.15) is 11.6 Å². The maximum atomic E-state index is 14.5. The Morgan fingerprint density at radius 3 is 2.72 bits per heavy atom. The van der Waals surface area contributed by atoms with Gasteiger partial charge in [-0.25, -0.2) is 19.0 Å². The zero-order chi connectivity index (χ0) is 20.5. The fourth-order valence-electron chi connectivity index (χ4n) is 3.21. The summed E-state index contributed by atoms with van der Waals surface area (Å²) in [6.45, 7) is 6.06. The molecule has 29 heavy (non-hydrogen) atoms. The molecule has 0 radical (unpaired) electrons. The van der Waals surface area contributed by atoms with Crippen LogP contribution >= 0.6 is 0 Å². The molecule has 0 aliphatic carbocycles. The SMILES string of the molecule is Cc1nccn1-c1ccc(CNC(=O)c2cnc3c(cnn3C(C)C)c2)cc1F. The lowest BCUT2D eigenvalue weighted by molar-refractivity contribution is 0.0950. The van der Waals surface area contributed by atoms with Crippen LogP contribution < -0.4 is 5.32 Å². The predicted octanol–water partition coefficient (Wildman–Crippen LogP) is 3.58. The summed E-state index contributed by atoms with van der Waals surface area (Å²) in [7, 11) is 0. The van der Waals surface area contributed by atoms with Crippen molar-refractivity contribution < 1.29 is 9.18 Å². The molecule has 0 unspecified atom stereocenters. The molecule has 0 saturated carbocycles. The average molecular weight is 392 g/mol. The molecular formula is C21H21FN6O. The third kappa shape index (κ3) is 3.61. The molecule has 4 rings (SSSR count). The van der Waals surface area contributed by atoms with E-state index in [1.54, 1.807) is 41.4 Å². The maximum absolute atomic E-state index is 14.5. The second-order valence-corrected chi connectivity index (χ2v) is 7.13. The number of aryl methyl sites for hydroxylation is 1. The zero-order valence-corrected chi connectivity index (χ0v) is 16.4. The molecule has 1 amide bonds. The van der Waals surface area contributed by atoms with Gasteiger partial charge in [-0.3, -0.25) is 4.79 Å². The number of aromatic nitrogens is 5. The highest BCUT2D eigenvalue weighted by Crippen LogP contribution is 2.18. The molecule has 3 heterocycles. The van der Waals surface area contributed by atoms with Crippen LogP contribution in [-0.2, 0) is 6.54 Å². The minimum absolute atomic E-state index is 0.184. The monoisotopic (exact) mass is 392 g/mol. The van der Waals surface area contributed by atoms with E-state index in [2.05, 4.69) is 20.4 Å². The lowest BCUT2D eigenvalue weighted by atomic mass is 10.1. The van der Waals surface area contributed by atoms with E-state index in [9.17, 15) is 9.18 Å². The summed E-state index contributed by atoms with van der Waals surface area (Å²) in [6.07, 6.45) is 6.56. The largest absolute Gasteiger partial charge is 0.348 e. The van der Waals surface area contributed by atoms with E-state index < -0.39 is 0 Å². The quantitative estimate of drug-likeness (QED) is 0.563. The van der Waals surface area contributed by atoms with Crippen LogP contribution in [0, 0.1) is 12.7 Å². The Balaban J connectivity index is 1.48. The van der Waals surface area contributed by atoms with E-state index in [-0.39, 0.29) is 24.3 Å². The Bertz CT molecular complexity index is 1190. The summed E-state index contributed by atoms with van der Waals surface area (Å²) in [6, 6.07) is 6.83. The van der Waals surface area contributed by atoms with Crippen LogP contribution in [0.25, 0.3) is 16.7 Å². The average Bonchev–Trinajstić information content (AvgIpc) is 3.31. The Kier molecular flexibility index (Phi) is 4.84. The van der Waals surface area contributed by atoms with Gasteiger partial charge in [0.15, 0.2) is 5.65 Å². The Hall–Kier alpha value is -3.55. The number of nitrogens with one attached hydrogen (secondary N) is 1. The minimum atomic E-state index is -0.373. The van der Waals surface area contributed by atoms with E-state index >= 15 is 0 Å². The summed E-state index contributed by atoms with van der Waals surface area (Å²) in [4.78, 5) is 21.0. The molecule has 0 bridgehead atoms. The highest BCUT2D eigenvalue weighted by Gasteiger charge is 2.13. The predicted molar refractivity (Wildman–Crippen MR) is 107 cm³/mol. The van der Waals surface area contributed by atoms with Gasteiger partial charge in [0.25, 0.3) is 5.91 Å². The number of nitrogens with zero attached hydrogens (tertiary/aromatic N) is 5. The van der Waals surface area contributed by atoms with Gasteiger partial charge in [0.05, 0.1) is 17.4 Å². The molecule has 0 atom stereocenters. The molecule has 1 aromatic carbocycles. The molecule has 0 aliphatic heterocycles. The maximum Gasteiger partial charge on any atom is 0.253 e. The van der Waals surface area contributed by atoms with E-state index in [0.717, 1.165) is 11.0 Å². The summed E-state index contributed by atoms with van der Waals surface area (Å²) < 4.78 is 18.0. The van der Waals surface area contributed by atoms with Crippen LogP contribution in [0.2, 0.25) is 0 Å². The van der Waals surface area contributed by atoms with Crippen LogP contribution in [0.1, 0.15) is 41.6 Å². The van der Waals surface area contributed by atoms with Gasteiger partial charge in [0.2, 0.25) is 0 Å². The number of rotatable bonds is 5. The summed E-state index contributed by atoms with van der Waals surface area (Å²) in [5, 5.41) is 7.92. The molecule has 7 nitrogen and oxygen atoms in total. The standard InChI is InChI=1S/C21H21FN6O/c1-13(2)28-20-16(12-26-28)9-17(11-24-20)21(29)25-10-15-4-5-19(18(22)8-15)27-7-6-23-14(27)3/h4-9,11-13H,10H2,1-3H3,(H,25,29). The summed E-state index contributed by atoms with van der Waals surface area (Å²) in [5.41, 5.74) is 2.27. The number of fused-ring (bicyclic) bond motifs is 1. The molecule has 0 spiro atoms. The molecule has 148 valence electrons. The highest BCUT2D eigenvalue weighted by molar-refractivity contribution is 5.96. The first-order valence-electron chi connectivity index (χ1n) is 9.34. The number of imidazole rings is 1. The number of amides is 1. The Morgan fingerprint density at radius 1 is 1.21 bits per heavy atom. The van der Waals surface area contributed by atoms with Crippen LogP contribution in [0.15, 0.2) is 49.1 Å². The van der Waals surface area contributed by atoms with Gasteiger partial charge < -0.3 is 9.88 Å². The lowest BCUT2D eigenvalue weighted by Crippen LogP contribution is -2.23. The number of pyridine rings is 1. The van der Waals surface area contributed by atoms with Crippen molar-refractivity contribution >= 4 is 16.9 Å². The van der Waals surface area contributed by atoms with Crippen molar-refractivity contribution in [1.29, 1.82) is 0 Å². The van der Waals surface area contributed by atoms with Crippen molar-refractivity contribution in [2.24, 2.45) is 0 Å². The van der Waals surface area contributed by atoms with Crippen LogP contribution in [-0.4, -0.2) is 30.2 Å². The molecule has 0 saturated heterocycles. The molecule has 3 aromatic heterocycles. The van der Waals surface area contributed by atoms with Gasteiger partial charge in [-0.1, -0.05) is 6.07 Å². The summed E-state index contributed by atoms with van der Waals surface area (Å²) in [5.74, 6) is 0.0577. The van der Waals surface area contributed by atoms with Crippen molar-refractivity contribution in [3.63, 3.8) is 0 Å². The topological polar surface area (TPSA) is 77.6 Å². The second-order valence-electron chi connectivity index (χ2n) is 7.13. The number of hydrogen-bond donors (Lipinski definition) is 1. The minimum Gasteiger partial charge on any atom is -0.348 e. The zero-order valence-electron chi connectivity index (χ0n) is 16.4. The molecule has 8 heteroatoms. The van der Waals surface area contributed by atoms with Crippen molar-refractivity contribution in [1.82, 2.24) is 29.6 Å². The molecule has 0 fully saturated rings. The van der Waals surface area contributed by atoms with Gasteiger partial charge in [0, 0.05) is 36.6 Å². The van der Waals surface area contributed by atoms with Crippen LogP contribution in [0.3, 0.4) is 0 Å².